The van der Waals surface area contributed by atoms with Crippen LogP contribution in [0.4, 0.5) is 0 Å². The van der Waals surface area contributed by atoms with Crippen molar-refractivity contribution in [2.45, 2.75) is 32.2 Å². The predicted molar refractivity (Wildman–Crippen MR) is 45.5 cm³/mol. The Morgan fingerprint density at radius 1 is 1.31 bits per heavy atom. The number of carbonyl (C=O) groups is 1. The van der Waals surface area contributed by atoms with Crippen molar-refractivity contribution in [1.29, 1.82) is 0 Å². The third-order valence-electron chi connectivity index (χ3n) is 2.54. The van der Waals surface area contributed by atoms with Gasteiger partial charge < -0.3 is 5.11 Å². The highest BCUT2D eigenvalue weighted by atomic mass is 16.4. The van der Waals surface area contributed by atoms with Gasteiger partial charge in [-0.2, -0.15) is 0 Å². The number of hydrogen-bond acceptors (Lipinski definition) is 3. The van der Waals surface area contributed by atoms with E-state index >= 15 is 0 Å². The Labute approximate surface area is 74.3 Å². The number of carboxylic acid groups (broad SMARTS) is 1. The van der Waals surface area contributed by atoms with Crippen molar-refractivity contribution in [2.75, 3.05) is 0 Å². The van der Waals surface area contributed by atoms with Crippen molar-refractivity contribution in [1.82, 2.24) is 4.57 Å². The molecule has 0 unspecified atom stereocenters. The molecular weight excluding hydrogens is 174 g/mol. The van der Waals surface area contributed by atoms with Crippen LogP contribution in [0.1, 0.15) is 26.7 Å². The molecule has 0 radical (unpaired) electrons. The Balaban J connectivity index is 3.21. The molecule has 72 valence electrons. The number of aromatic nitrogens is 1. The van der Waals surface area contributed by atoms with Gasteiger partial charge in [0.05, 0.1) is 0 Å². The predicted octanol–water partition coefficient (Wildman–Crippen LogP) is -0.316. The summed E-state index contributed by atoms with van der Waals surface area (Å²) in [5, 5.41) is 8.92. The number of nitrogens with zero attached hydrogens (tertiary/aromatic N) is 1. The van der Waals surface area contributed by atoms with Gasteiger partial charge in [0.2, 0.25) is 0 Å². The van der Waals surface area contributed by atoms with Crippen molar-refractivity contribution in [3.05, 3.63) is 20.7 Å². The summed E-state index contributed by atoms with van der Waals surface area (Å²) in [4.78, 5) is 32.5. The van der Waals surface area contributed by atoms with Gasteiger partial charge in [0.1, 0.15) is 5.54 Å². The molecule has 0 atom stereocenters. The molecule has 13 heavy (non-hydrogen) atoms. The molecule has 0 aliphatic rings. The molecule has 0 aliphatic heterocycles. The van der Waals surface area contributed by atoms with Gasteiger partial charge in [0, 0.05) is 0 Å². The standard InChI is InChI=1S/C8H11NO4/c1-3-8(4-2,7(12)13)9-5(10)6(9)11/h3-4H2,1-2H3,(H,12,13). The molecule has 5 heteroatoms. The van der Waals surface area contributed by atoms with E-state index in [0.29, 0.717) is 0 Å². The van der Waals surface area contributed by atoms with Crippen LogP contribution in [0.25, 0.3) is 0 Å². The van der Waals surface area contributed by atoms with Gasteiger partial charge >= 0.3 is 17.1 Å². The Kier molecular flexibility index (Phi) is 2.11. The molecule has 0 saturated heterocycles. The quantitative estimate of drug-likeness (QED) is 0.652. The second-order valence-electron chi connectivity index (χ2n) is 2.99. The van der Waals surface area contributed by atoms with E-state index in [0.717, 1.165) is 4.57 Å². The number of aliphatic carboxylic acids is 1. The molecule has 1 heterocycles. The third kappa shape index (κ3) is 1.11. The molecular formula is C8H11NO4. The minimum atomic E-state index is -1.31. The molecule has 1 aromatic rings. The van der Waals surface area contributed by atoms with E-state index in [1.807, 2.05) is 0 Å². The Hall–Kier alpha value is -1.39. The van der Waals surface area contributed by atoms with Crippen LogP contribution in [0.5, 0.6) is 0 Å². The van der Waals surface area contributed by atoms with E-state index in [1.54, 1.807) is 13.8 Å². The maximum atomic E-state index is 10.9. The summed E-state index contributed by atoms with van der Waals surface area (Å²) < 4.78 is 0.829. The van der Waals surface area contributed by atoms with Crippen LogP contribution >= 0.6 is 0 Å². The Morgan fingerprint density at radius 3 is 1.77 bits per heavy atom. The summed E-state index contributed by atoms with van der Waals surface area (Å²) in [6.07, 6.45) is 0.493. The fourth-order valence-electron chi connectivity index (χ4n) is 1.49. The molecule has 0 spiro atoms. The molecule has 1 N–H and O–H groups in total. The lowest BCUT2D eigenvalue weighted by atomic mass is 9.93. The highest BCUT2D eigenvalue weighted by Crippen LogP contribution is 2.23. The largest absolute Gasteiger partial charge is 0.479 e. The lowest BCUT2D eigenvalue weighted by molar-refractivity contribution is -0.147. The fraction of sp³-hybridized carbons (Fsp3) is 0.625. The van der Waals surface area contributed by atoms with Crippen molar-refractivity contribution >= 4 is 5.97 Å². The van der Waals surface area contributed by atoms with Gasteiger partial charge in [-0.15, -0.1) is 0 Å². The van der Waals surface area contributed by atoms with Crippen molar-refractivity contribution < 1.29 is 9.90 Å². The minimum absolute atomic E-state index is 0.246. The van der Waals surface area contributed by atoms with E-state index in [1.165, 1.54) is 0 Å². The van der Waals surface area contributed by atoms with Gasteiger partial charge in [-0.1, -0.05) is 13.8 Å². The van der Waals surface area contributed by atoms with E-state index in [-0.39, 0.29) is 12.8 Å². The Morgan fingerprint density at radius 2 is 1.69 bits per heavy atom. The van der Waals surface area contributed by atoms with Gasteiger partial charge in [-0.3, -0.25) is 9.59 Å². The van der Waals surface area contributed by atoms with E-state index < -0.39 is 22.6 Å². The van der Waals surface area contributed by atoms with E-state index in [2.05, 4.69) is 0 Å². The molecule has 1 rings (SSSR count). The number of hydrogen-bond donors (Lipinski definition) is 1. The SMILES string of the molecule is CCC(CC)(C(=O)O)n1c(=O)c1=O. The molecule has 0 bridgehead atoms. The topological polar surface area (TPSA) is 76.4 Å². The lowest BCUT2D eigenvalue weighted by Crippen LogP contribution is -2.40. The molecule has 0 saturated carbocycles. The van der Waals surface area contributed by atoms with Crippen LogP contribution in [-0.4, -0.2) is 15.6 Å². The summed E-state index contributed by atoms with van der Waals surface area (Å²) in [7, 11) is 0. The van der Waals surface area contributed by atoms with Crippen LogP contribution in [0.3, 0.4) is 0 Å². The van der Waals surface area contributed by atoms with Crippen LogP contribution in [0.15, 0.2) is 9.59 Å². The molecule has 5 nitrogen and oxygen atoms in total. The molecule has 1 aromatic heterocycles. The van der Waals surface area contributed by atoms with Crippen LogP contribution in [0, 0.1) is 0 Å². The highest BCUT2D eigenvalue weighted by molar-refractivity contribution is 5.76. The first-order valence-corrected chi connectivity index (χ1v) is 4.13. The zero-order chi connectivity index (χ0) is 10.2. The van der Waals surface area contributed by atoms with Crippen molar-refractivity contribution in [2.24, 2.45) is 0 Å². The molecule has 0 amide bonds. The zero-order valence-electron chi connectivity index (χ0n) is 7.53. The summed E-state index contributed by atoms with van der Waals surface area (Å²) >= 11 is 0. The summed E-state index contributed by atoms with van der Waals surface area (Å²) in [5.74, 6) is -1.11. The lowest BCUT2D eigenvalue weighted by Gasteiger charge is -2.22. The van der Waals surface area contributed by atoms with Gasteiger partial charge in [0.25, 0.3) is 0 Å². The summed E-state index contributed by atoms with van der Waals surface area (Å²) in [6.45, 7) is 3.30. The first-order chi connectivity index (χ1) is 6.01. The highest BCUT2D eigenvalue weighted by Gasteiger charge is 2.44. The van der Waals surface area contributed by atoms with Crippen LogP contribution in [0.2, 0.25) is 0 Å². The number of carboxylic acids is 1. The second kappa shape index (κ2) is 2.83. The fourth-order valence-corrected chi connectivity index (χ4v) is 1.49. The van der Waals surface area contributed by atoms with Crippen LogP contribution < -0.4 is 11.1 Å². The van der Waals surface area contributed by atoms with Crippen molar-refractivity contribution in [3.63, 3.8) is 0 Å². The third-order valence-corrected chi connectivity index (χ3v) is 2.54. The second-order valence-corrected chi connectivity index (χ2v) is 2.99. The summed E-state index contributed by atoms with van der Waals surface area (Å²) in [5.41, 5.74) is -2.69. The smallest absolute Gasteiger partial charge is 0.330 e. The van der Waals surface area contributed by atoms with Gasteiger partial charge in [0.15, 0.2) is 0 Å². The number of rotatable bonds is 4. The van der Waals surface area contributed by atoms with E-state index in [9.17, 15) is 14.4 Å². The molecule has 0 fully saturated rings. The normalized spacial score (nSPS) is 12.2. The average Bonchev–Trinajstić information content (AvgIpc) is 2.66. The Bertz CT molecular complexity index is 367. The monoisotopic (exact) mass is 185 g/mol. The van der Waals surface area contributed by atoms with Gasteiger partial charge in [-0.05, 0) is 12.8 Å². The molecule has 0 aliphatic carbocycles. The van der Waals surface area contributed by atoms with Crippen molar-refractivity contribution in [3.8, 4) is 0 Å². The zero-order valence-corrected chi connectivity index (χ0v) is 7.53. The van der Waals surface area contributed by atoms with E-state index in [4.69, 9.17) is 5.11 Å². The first kappa shape index (κ1) is 9.70. The molecule has 0 aromatic carbocycles. The van der Waals surface area contributed by atoms with Gasteiger partial charge in [-0.25, -0.2) is 9.36 Å². The summed E-state index contributed by atoms with van der Waals surface area (Å²) in [6, 6.07) is 0. The minimum Gasteiger partial charge on any atom is -0.479 e. The van der Waals surface area contributed by atoms with Crippen LogP contribution in [-0.2, 0) is 10.3 Å². The maximum Gasteiger partial charge on any atom is 0.330 e. The average molecular weight is 185 g/mol. The first-order valence-electron chi connectivity index (χ1n) is 4.13. The maximum absolute atomic E-state index is 10.9.